The van der Waals surface area contributed by atoms with Crippen molar-refractivity contribution >= 4 is 26.7 Å². The average molecular weight is 484 g/mol. The molecule has 0 saturated carbocycles. The molecule has 12 heteroatoms. The lowest BCUT2D eigenvalue weighted by atomic mass is 10.1. The number of ether oxygens (including phenoxy) is 2. The average Bonchev–Trinajstić information content (AvgIpc) is 2.72. The standard InChI is InChI=1S/C21H19F3N2O6S/c1-4-12-10-15-17(16(11-12)33(3,29)30)19(27)18(20(28)31-5-2)25-26(15)13-6-8-14(9-7-13)32-21(22,23)24/h6-11H,4-5H2,1-3H3. The van der Waals surface area contributed by atoms with Crippen molar-refractivity contribution in [2.24, 2.45) is 0 Å². The van der Waals surface area contributed by atoms with E-state index in [9.17, 15) is 31.2 Å². The first kappa shape index (κ1) is 24.2. The van der Waals surface area contributed by atoms with Crippen LogP contribution >= 0.6 is 0 Å². The van der Waals surface area contributed by atoms with E-state index in [1.165, 1.54) is 31.2 Å². The summed E-state index contributed by atoms with van der Waals surface area (Å²) in [5.74, 6) is -1.55. The van der Waals surface area contributed by atoms with Crippen LogP contribution in [0.25, 0.3) is 16.6 Å². The quantitative estimate of drug-likeness (QED) is 0.494. The zero-order valence-corrected chi connectivity index (χ0v) is 18.6. The zero-order valence-electron chi connectivity index (χ0n) is 17.8. The first-order valence-corrected chi connectivity index (χ1v) is 11.6. The minimum absolute atomic E-state index is 0.0603. The predicted octanol–water partition coefficient (Wildman–Crippen LogP) is 3.43. The molecule has 0 spiro atoms. The third kappa shape index (κ3) is 5.16. The van der Waals surface area contributed by atoms with E-state index >= 15 is 0 Å². The predicted molar refractivity (Wildman–Crippen MR) is 112 cm³/mol. The summed E-state index contributed by atoms with van der Waals surface area (Å²) in [5, 5.41) is 3.79. The molecule has 0 unspecified atom stereocenters. The summed E-state index contributed by atoms with van der Waals surface area (Å²) in [4.78, 5) is 25.2. The number of aromatic nitrogens is 2. The highest BCUT2D eigenvalue weighted by atomic mass is 32.2. The van der Waals surface area contributed by atoms with Gasteiger partial charge in [-0.1, -0.05) is 6.92 Å². The van der Waals surface area contributed by atoms with E-state index in [4.69, 9.17) is 4.74 Å². The van der Waals surface area contributed by atoms with E-state index in [1.807, 2.05) is 0 Å². The molecule has 0 atom stereocenters. The Balaban J connectivity index is 2.39. The second-order valence-corrected chi connectivity index (χ2v) is 8.95. The van der Waals surface area contributed by atoms with Crippen LogP contribution in [0.2, 0.25) is 0 Å². The monoisotopic (exact) mass is 484 g/mol. The molecule has 8 nitrogen and oxygen atoms in total. The number of rotatable bonds is 6. The number of hydrogen-bond donors (Lipinski definition) is 0. The number of hydrogen-bond acceptors (Lipinski definition) is 7. The number of esters is 1. The van der Waals surface area contributed by atoms with Gasteiger partial charge in [0.25, 0.3) is 0 Å². The minimum Gasteiger partial charge on any atom is -0.461 e. The van der Waals surface area contributed by atoms with Gasteiger partial charge in [0.05, 0.1) is 28.1 Å². The van der Waals surface area contributed by atoms with Crippen LogP contribution in [0.1, 0.15) is 29.9 Å². The smallest absolute Gasteiger partial charge is 0.461 e. The highest BCUT2D eigenvalue weighted by Gasteiger charge is 2.31. The number of carbonyl (C=O) groups is 1. The van der Waals surface area contributed by atoms with Crippen molar-refractivity contribution in [2.45, 2.75) is 31.5 Å². The molecule has 0 fully saturated rings. The van der Waals surface area contributed by atoms with Crippen molar-refractivity contribution in [1.29, 1.82) is 0 Å². The molecule has 176 valence electrons. The molecule has 3 rings (SSSR count). The Morgan fingerprint density at radius 3 is 2.27 bits per heavy atom. The Bertz CT molecular complexity index is 1380. The zero-order chi connectivity index (χ0) is 24.6. The van der Waals surface area contributed by atoms with Crippen molar-refractivity contribution in [2.75, 3.05) is 12.9 Å². The number of carbonyl (C=O) groups excluding carboxylic acids is 1. The lowest BCUT2D eigenvalue weighted by molar-refractivity contribution is -0.274. The number of fused-ring (bicyclic) bond motifs is 1. The Kier molecular flexibility index (Phi) is 6.50. The Morgan fingerprint density at radius 2 is 1.76 bits per heavy atom. The fourth-order valence-corrected chi connectivity index (χ4v) is 4.12. The fraction of sp³-hybridized carbons (Fsp3) is 0.286. The molecular weight excluding hydrogens is 465 g/mol. The Morgan fingerprint density at radius 1 is 1.12 bits per heavy atom. The number of alkyl halides is 3. The number of sulfone groups is 1. The van der Waals surface area contributed by atoms with Crippen molar-refractivity contribution in [3.8, 4) is 11.4 Å². The largest absolute Gasteiger partial charge is 0.573 e. The number of benzene rings is 2. The molecule has 0 N–H and O–H groups in total. The van der Waals surface area contributed by atoms with E-state index in [0.717, 1.165) is 23.1 Å². The molecule has 33 heavy (non-hydrogen) atoms. The van der Waals surface area contributed by atoms with Crippen molar-refractivity contribution in [3.63, 3.8) is 0 Å². The highest BCUT2D eigenvalue weighted by molar-refractivity contribution is 7.91. The summed E-state index contributed by atoms with van der Waals surface area (Å²) in [6.07, 6.45) is -3.54. The van der Waals surface area contributed by atoms with Gasteiger partial charge in [0.15, 0.2) is 9.84 Å². The summed E-state index contributed by atoms with van der Waals surface area (Å²) in [5.41, 5.74) is -0.794. The summed E-state index contributed by atoms with van der Waals surface area (Å²) >= 11 is 0. The van der Waals surface area contributed by atoms with E-state index in [2.05, 4.69) is 9.84 Å². The SMILES string of the molecule is CCOC(=O)c1nn(-c2ccc(OC(F)(F)F)cc2)c2cc(CC)cc(S(C)(=O)=O)c2c1=O. The van der Waals surface area contributed by atoms with Gasteiger partial charge in [-0.05, 0) is 55.3 Å². The van der Waals surface area contributed by atoms with E-state index < -0.39 is 39.0 Å². The molecule has 0 aliphatic heterocycles. The van der Waals surface area contributed by atoms with Gasteiger partial charge >= 0.3 is 12.3 Å². The minimum atomic E-state index is -4.89. The first-order valence-electron chi connectivity index (χ1n) is 9.69. The van der Waals surface area contributed by atoms with Crippen LogP contribution in [0.15, 0.2) is 46.1 Å². The van der Waals surface area contributed by atoms with Crippen LogP contribution in [-0.2, 0) is 21.0 Å². The molecule has 3 aromatic rings. The van der Waals surface area contributed by atoms with Gasteiger partial charge in [-0.25, -0.2) is 17.9 Å². The maximum absolute atomic E-state index is 13.1. The topological polar surface area (TPSA) is 105 Å². The van der Waals surface area contributed by atoms with Gasteiger partial charge in [-0.3, -0.25) is 4.79 Å². The normalized spacial score (nSPS) is 12.1. The van der Waals surface area contributed by atoms with Crippen molar-refractivity contribution in [3.05, 3.63) is 57.9 Å². The van der Waals surface area contributed by atoms with Crippen LogP contribution < -0.4 is 10.2 Å². The first-order chi connectivity index (χ1) is 15.4. The van der Waals surface area contributed by atoms with Crippen LogP contribution in [-0.4, -0.2) is 43.4 Å². The summed E-state index contributed by atoms with van der Waals surface area (Å²) in [7, 11) is -3.90. The van der Waals surface area contributed by atoms with E-state index in [-0.39, 0.29) is 28.1 Å². The van der Waals surface area contributed by atoms with Gasteiger partial charge in [-0.2, -0.15) is 5.10 Å². The van der Waals surface area contributed by atoms with E-state index in [0.29, 0.717) is 12.0 Å². The number of nitrogens with zero attached hydrogens (tertiary/aromatic N) is 2. The summed E-state index contributed by atoms with van der Waals surface area (Å²) < 4.78 is 72.3. The second-order valence-electron chi connectivity index (χ2n) is 6.97. The fourth-order valence-electron chi connectivity index (χ4n) is 3.18. The Labute approximate surface area is 186 Å². The molecule has 2 aromatic carbocycles. The third-order valence-electron chi connectivity index (χ3n) is 4.60. The number of halogens is 3. The molecule has 0 radical (unpaired) electrons. The molecule has 1 aromatic heterocycles. The van der Waals surface area contributed by atoms with Crippen LogP contribution in [0.5, 0.6) is 5.75 Å². The van der Waals surface area contributed by atoms with Crippen LogP contribution in [0.3, 0.4) is 0 Å². The molecule has 0 bridgehead atoms. The third-order valence-corrected chi connectivity index (χ3v) is 5.72. The molecule has 0 aliphatic rings. The molecule has 0 aliphatic carbocycles. The summed E-state index contributed by atoms with van der Waals surface area (Å²) in [6.45, 7) is 3.24. The van der Waals surface area contributed by atoms with Gasteiger partial charge in [0, 0.05) is 6.26 Å². The second kappa shape index (κ2) is 8.85. The van der Waals surface area contributed by atoms with Gasteiger partial charge in [0.2, 0.25) is 11.1 Å². The molecular formula is C21H19F3N2O6S. The van der Waals surface area contributed by atoms with Gasteiger partial charge in [-0.15, -0.1) is 13.2 Å². The molecule has 0 amide bonds. The maximum Gasteiger partial charge on any atom is 0.573 e. The number of aryl methyl sites for hydroxylation is 1. The van der Waals surface area contributed by atoms with E-state index in [1.54, 1.807) is 6.92 Å². The van der Waals surface area contributed by atoms with Gasteiger partial charge < -0.3 is 9.47 Å². The van der Waals surface area contributed by atoms with Crippen molar-refractivity contribution in [1.82, 2.24) is 9.78 Å². The highest BCUT2D eigenvalue weighted by Crippen LogP contribution is 2.27. The molecule has 1 heterocycles. The summed E-state index contributed by atoms with van der Waals surface area (Å²) in [6, 6.07) is 7.39. The lowest BCUT2D eigenvalue weighted by Gasteiger charge is -2.16. The van der Waals surface area contributed by atoms with Crippen LogP contribution in [0.4, 0.5) is 13.2 Å². The van der Waals surface area contributed by atoms with Crippen molar-refractivity contribution < 1.29 is 35.9 Å². The molecule has 0 saturated heterocycles. The maximum atomic E-state index is 13.1. The lowest BCUT2D eigenvalue weighted by Crippen LogP contribution is -2.25. The van der Waals surface area contributed by atoms with Gasteiger partial charge in [0.1, 0.15) is 5.75 Å². The Hall–Kier alpha value is -3.41. The van der Waals surface area contributed by atoms with Crippen LogP contribution in [0, 0.1) is 0 Å².